The molecule has 0 saturated heterocycles. The van der Waals surface area contributed by atoms with E-state index in [-0.39, 0.29) is 5.88 Å². The Morgan fingerprint density at radius 3 is 2.75 bits per heavy atom. The summed E-state index contributed by atoms with van der Waals surface area (Å²) in [6.07, 6.45) is 0. The molecule has 0 radical (unpaired) electrons. The van der Waals surface area contributed by atoms with Gasteiger partial charge in [-0.25, -0.2) is 0 Å². The van der Waals surface area contributed by atoms with Crippen molar-refractivity contribution in [3.8, 4) is 0 Å². The van der Waals surface area contributed by atoms with Gasteiger partial charge in [0.05, 0.1) is 18.3 Å². The third kappa shape index (κ3) is 1.95. The van der Waals surface area contributed by atoms with Gasteiger partial charge < -0.3 is 4.42 Å². The number of nitrogens with zero attached hydrogens (tertiary/aromatic N) is 3. The van der Waals surface area contributed by atoms with Gasteiger partial charge in [0.2, 0.25) is 0 Å². The standard InChI is InChI=1S/C10H11N3O3/c1-7-5-8(2)12(11-7)6-9-3-4-10(16-9)13(14)15/h3-5H,6H2,1-2H3. The molecule has 0 atom stereocenters. The van der Waals surface area contributed by atoms with Gasteiger partial charge in [0, 0.05) is 5.69 Å². The summed E-state index contributed by atoms with van der Waals surface area (Å²) in [5.41, 5.74) is 1.91. The molecular formula is C10H11N3O3. The second-order valence-corrected chi connectivity index (χ2v) is 3.58. The lowest BCUT2D eigenvalue weighted by atomic mass is 10.4. The van der Waals surface area contributed by atoms with Gasteiger partial charge in [0.25, 0.3) is 0 Å². The first-order chi connectivity index (χ1) is 7.56. The highest BCUT2D eigenvalue weighted by atomic mass is 16.6. The summed E-state index contributed by atoms with van der Waals surface area (Å²) < 4.78 is 6.80. The average molecular weight is 221 g/mol. The number of aromatic nitrogens is 2. The highest BCUT2D eigenvalue weighted by molar-refractivity contribution is 5.18. The van der Waals surface area contributed by atoms with Crippen molar-refractivity contribution in [1.29, 1.82) is 0 Å². The highest BCUT2D eigenvalue weighted by Crippen LogP contribution is 2.17. The number of aryl methyl sites for hydroxylation is 2. The van der Waals surface area contributed by atoms with E-state index in [9.17, 15) is 10.1 Å². The van der Waals surface area contributed by atoms with Crippen LogP contribution in [0, 0.1) is 24.0 Å². The molecule has 2 aromatic heterocycles. The molecule has 6 heteroatoms. The minimum atomic E-state index is -0.551. The average Bonchev–Trinajstić information content (AvgIpc) is 2.75. The molecule has 0 spiro atoms. The van der Waals surface area contributed by atoms with Crippen LogP contribution in [-0.4, -0.2) is 14.7 Å². The maximum absolute atomic E-state index is 10.4. The summed E-state index contributed by atoms with van der Waals surface area (Å²) in [4.78, 5) is 9.88. The quantitative estimate of drug-likeness (QED) is 0.587. The van der Waals surface area contributed by atoms with Crippen molar-refractivity contribution in [2.24, 2.45) is 0 Å². The molecule has 84 valence electrons. The first-order valence-electron chi connectivity index (χ1n) is 4.80. The Bertz CT molecular complexity index is 527. The van der Waals surface area contributed by atoms with Crippen LogP contribution in [0.3, 0.4) is 0 Å². The van der Waals surface area contributed by atoms with Crippen molar-refractivity contribution in [3.63, 3.8) is 0 Å². The number of hydrogen-bond acceptors (Lipinski definition) is 4. The van der Waals surface area contributed by atoms with Crippen molar-refractivity contribution >= 4 is 5.88 Å². The van der Waals surface area contributed by atoms with Crippen LogP contribution >= 0.6 is 0 Å². The Morgan fingerprint density at radius 2 is 2.25 bits per heavy atom. The lowest BCUT2D eigenvalue weighted by Crippen LogP contribution is -2.02. The van der Waals surface area contributed by atoms with E-state index >= 15 is 0 Å². The molecule has 2 aromatic rings. The van der Waals surface area contributed by atoms with Gasteiger partial charge in [-0.05, 0) is 26.0 Å². The maximum atomic E-state index is 10.4. The van der Waals surface area contributed by atoms with E-state index in [1.54, 1.807) is 10.7 Å². The van der Waals surface area contributed by atoms with Gasteiger partial charge in [-0.1, -0.05) is 0 Å². The number of rotatable bonds is 3. The summed E-state index contributed by atoms with van der Waals surface area (Å²) in [5.74, 6) is 0.287. The largest absolute Gasteiger partial charge is 0.433 e. The van der Waals surface area contributed by atoms with Gasteiger partial charge in [0.1, 0.15) is 10.7 Å². The van der Waals surface area contributed by atoms with E-state index in [1.165, 1.54) is 6.07 Å². The fourth-order valence-corrected chi connectivity index (χ4v) is 1.53. The molecule has 6 nitrogen and oxygen atoms in total. The molecule has 0 fully saturated rings. The van der Waals surface area contributed by atoms with E-state index in [0.717, 1.165) is 11.4 Å². The van der Waals surface area contributed by atoms with E-state index in [4.69, 9.17) is 4.42 Å². The van der Waals surface area contributed by atoms with Crippen LogP contribution in [0.1, 0.15) is 17.1 Å². The van der Waals surface area contributed by atoms with Crippen LogP contribution < -0.4 is 0 Å². The summed E-state index contributed by atoms with van der Waals surface area (Å²) in [5, 5.41) is 14.7. The first kappa shape index (κ1) is 10.4. The molecule has 0 aliphatic carbocycles. The van der Waals surface area contributed by atoms with Crippen LogP contribution in [0.15, 0.2) is 22.6 Å². The third-order valence-corrected chi connectivity index (χ3v) is 2.24. The first-order valence-corrected chi connectivity index (χ1v) is 4.80. The van der Waals surface area contributed by atoms with E-state index in [2.05, 4.69) is 5.10 Å². The Labute approximate surface area is 91.6 Å². The van der Waals surface area contributed by atoms with E-state index in [1.807, 2.05) is 19.9 Å². The van der Waals surface area contributed by atoms with Gasteiger partial charge >= 0.3 is 5.88 Å². The lowest BCUT2D eigenvalue weighted by molar-refractivity contribution is -0.402. The minimum absolute atomic E-state index is 0.239. The zero-order valence-corrected chi connectivity index (χ0v) is 9.01. The number of furan rings is 1. The smallest absolute Gasteiger partial charge is 0.404 e. The predicted molar refractivity (Wildman–Crippen MR) is 56.2 cm³/mol. The van der Waals surface area contributed by atoms with E-state index in [0.29, 0.717) is 12.3 Å². The van der Waals surface area contributed by atoms with Crippen LogP contribution in [0.5, 0.6) is 0 Å². The number of nitro groups is 1. The molecule has 2 heterocycles. The van der Waals surface area contributed by atoms with Gasteiger partial charge in [-0.2, -0.15) is 5.10 Å². The summed E-state index contributed by atoms with van der Waals surface area (Å²) in [6.45, 7) is 4.24. The summed E-state index contributed by atoms with van der Waals surface area (Å²) in [7, 11) is 0. The van der Waals surface area contributed by atoms with Crippen LogP contribution in [0.25, 0.3) is 0 Å². The SMILES string of the molecule is Cc1cc(C)n(Cc2ccc([N+](=O)[O-])o2)n1. The molecule has 0 unspecified atom stereocenters. The van der Waals surface area contributed by atoms with Crippen LogP contribution in [0.4, 0.5) is 5.88 Å². The van der Waals surface area contributed by atoms with Crippen molar-refractivity contribution in [2.75, 3.05) is 0 Å². The second-order valence-electron chi connectivity index (χ2n) is 3.58. The van der Waals surface area contributed by atoms with Crippen LogP contribution in [-0.2, 0) is 6.54 Å². The minimum Gasteiger partial charge on any atom is -0.404 e. The Hall–Kier alpha value is -2.11. The zero-order chi connectivity index (χ0) is 11.7. The monoisotopic (exact) mass is 221 g/mol. The van der Waals surface area contributed by atoms with Crippen molar-refractivity contribution < 1.29 is 9.34 Å². The van der Waals surface area contributed by atoms with Gasteiger partial charge in [-0.3, -0.25) is 14.8 Å². The third-order valence-electron chi connectivity index (χ3n) is 2.24. The molecule has 0 aromatic carbocycles. The molecule has 2 rings (SSSR count). The fourth-order valence-electron chi connectivity index (χ4n) is 1.53. The van der Waals surface area contributed by atoms with Gasteiger partial charge in [0.15, 0.2) is 0 Å². The maximum Gasteiger partial charge on any atom is 0.433 e. The molecule has 0 N–H and O–H groups in total. The number of hydrogen-bond donors (Lipinski definition) is 0. The predicted octanol–water partition coefficient (Wildman–Crippen LogP) is 2.05. The molecule has 0 aliphatic rings. The molecule has 16 heavy (non-hydrogen) atoms. The Balaban J connectivity index is 2.20. The fraction of sp³-hybridized carbons (Fsp3) is 0.300. The second kappa shape index (κ2) is 3.80. The molecule has 0 saturated carbocycles. The summed E-state index contributed by atoms with van der Waals surface area (Å²) >= 11 is 0. The van der Waals surface area contributed by atoms with Crippen molar-refractivity contribution in [3.05, 3.63) is 45.5 Å². The topological polar surface area (TPSA) is 74.1 Å². The molecule has 0 bridgehead atoms. The van der Waals surface area contributed by atoms with Crippen molar-refractivity contribution in [1.82, 2.24) is 9.78 Å². The van der Waals surface area contributed by atoms with E-state index < -0.39 is 4.92 Å². The van der Waals surface area contributed by atoms with Gasteiger partial charge in [-0.15, -0.1) is 0 Å². The van der Waals surface area contributed by atoms with Crippen molar-refractivity contribution in [2.45, 2.75) is 20.4 Å². The summed E-state index contributed by atoms with van der Waals surface area (Å²) in [6, 6.07) is 4.88. The lowest BCUT2D eigenvalue weighted by Gasteiger charge is -1.99. The molecular weight excluding hydrogens is 210 g/mol. The molecule has 0 amide bonds. The van der Waals surface area contributed by atoms with Crippen LogP contribution in [0.2, 0.25) is 0 Å². The highest BCUT2D eigenvalue weighted by Gasteiger charge is 2.12. The Kier molecular flexibility index (Phi) is 2.47. The normalized spacial score (nSPS) is 10.6. The molecule has 0 aliphatic heterocycles. The Morgan fingerprint density at radius 1 is 1.50 bits per heavy atom. The zero-order valence-electron chi connectivity index (χ0n) is 9.01.